The number of benzene rings is 2. The number of ketones is 1. The van der Waals surface area contributed by atoms with E-state index in [4.69, 9.17) is 5.10 Å². The molecule has 0 bridgehead atoms. The van der Waals surface area contributed by atoms with Crippen molar-refractivity contribution in [2.75, 3.05) is 5.32 Å². The van der Waals surface area contributed by atoms with Gasteiger partial charge in [-0.1, -0.05) is 35.9 Å². The van der Waals surface area contributed by atoms with Crippen LogP contribution in [0.4, 0.5) is 10.2 Å². The predicted molar refractivity (Wildman–Crippen MR) is 140 cm³/mol. The molecular formula is C29H28FN3OS. The predicted octanol–water partition coefficient (Wildman–Crippen LogP) is 7.25. The standard InChI is InChI=1S/C22H20FN3OS.C7H8/c1-12-6-11-18(28-12)21-19-13(2)25-26(15-9-7-14(23)8-10-15)22(19)24-16-4-3-5-17(27)20(16)21;1-7-5-3-2-4-6-7/h6-11,21,24H,3-5H2,1-2H3;2-6H,1H3. The average molecular weight is 486 g/mol. The number of nitrogens with zero attached hydrogens (tertiary/aromatic N) is 2. The second-order valence-electron chi connectivity index (χ2n) is 9.07. The average Bonchev–Trinajstić information content (AvgIpc) is 3.42. The summed E-state index contributed by atoms with van der Waals surface area (Å²) in [4.78, 5) is 15.3. The maximum absolute atomic E-state index is 13.4. The quantitative estimate of drug-likeness (QED) is 0.325. The Morgan fingerprint density at radius 3 is 2.34 bits per heavy atom. The highest BCUT2D eigenvalue weighted by Gasteiger charge is 2.39. The molecular weight excluding hydrogens is 457 g/mol. The summed E-state index contributed by atoms with van der Waals surface area (Å²) in [6.45, 7) is 6.15. The smallest absolute Gasteiger partial charge is 0.161 e. The van der Waals surface area contributed by atoms with E-state index in [0.717, 1.165) is 46.9 Å². The number of carbonyl (C=O) groups is 1. The Balaban J connectivity index is 0.000000313. The maximum Gasteiger partial charge on any atom is 0.161 e. The Bertz CT molecular complexity index is 1400. The van der Waals surface area contributed by atoms with E-state index in [1.165, 1.54) is 27.5 Å². The van der Waals surface area contributed by atoms with Crippen molar-refractivity contribution in [3.05, 3.63) is 110 Å². The lowest BCUT2D eigenvalue weighted by Crippen LogP contribution is -2.27. The maximum atomic E-state index is 13.4. The van der Waals surface area contributed by atoms with E-state index in [1.54, 1.807) is 23.5 Å². The number of aromatic nitrogens is 2. The van der Waals surface area contributed by atoms with Crippen LogP contribution in [0.25, 0.3) is 5.69 Å². The van der Waals surface area contributed by atoms with Crippen molar-refractivity contribution in [2.45, 2.75) is 46.0 Å². The fourth-order valence-corrected chi connectivity index (χ4v) is 5.81. The minimum atomic E-state index is -0.274. The first-order valence-corrected chi connectivity index (χ1v) is 12.7. The van der Waals surface area contributed by atoms with Gasteiger partial charge in [0.05, 0.1) is 17.3 Å². The molecule has 6 rings (SSSR count). The first-order valence-electron chi connectivity index (χ1n) is 11.9. The highest BCUT2D eigenvalue weighted by atomic mass is 32.1. The fourth-order valence-electron chi connectivity index (χ4n) is 4.82. The third-order valence-electron chi connectivity index (χ3n) is 6.47. The van der Waals surface area contributed by atoms with Gasteiger partial charge in [0.25, 0.3) is 0 Å². The van der Waals surface area contributed by atoms with Crippen LogP contribution < -0.4 is 5.32 Å². The summed E-state index contributed by atoms with van der Waals surface area (Å²) in [5.74, 6) is 0.745. The number of thiophene rings is 1. The van der Waals surface area contributed by atoms with Gasteiger partial charge in [-0.2, -0.15) is 5.10 Å². The van der Waals surface area contributed by atoms with Crippen LogP contribution >= 0.6 is 11.3 Å². The van der Waals surface area contributed by atoms with Crippen LogP contribution in [0.1, 0.15) is 51.8 Å². The highest BCUT2D eigenvalue weighted by molar-refractivity contribution is 7.12. The van der Waals surface area contributed by atoms with Gasteiger partial charge >= 0.3 is 0 Å². The van der Waals surface area contributed by atoms with Gasteiger partial charge in [-0.05, 0) is 70.0 Å². The molecule has 1 unspecified atom stereocenters. The number of rotatable bonds is 2. The third-order valence-corrected chi connectivity index (χ3v) is 7.53. The molecule has 1 atom stereocenters. The van der Waals surface area contributed by atoms with Crippen molar-refractivity contribution < 1.29 is 9.18 Å². The molecule has 1 aliphatic carbocycles. The van der Waals surface area contributed by atoms with Crippen LogP contribution in [-0.4, -0.2) is 15.6 Å². The molecule has 0 saturated heterocycles. The number of allylic oxidation sites excluding steroid dienone is 2. The lowest BCUT2D eigenvalue weighted by atomic mass is 9.79. The molecule has 0 radical (unpaired) electrons. The van der Waals surface area contributed by atoms with Crippen LogP contribution in [-0.2, 0) is 4.79 Å². The number of carbonyl (C=O) groups excluding carboxylic acids is 1. The second-order valence-corrected chi connectivity index (χ2v) is 10.4. The molecule has 1 N–H and O–H groups in total. The minimum absolute atomic E-state index is 0.0908. The summed E-state index contributed by atoms with van der Waals surface area (Å²) < 4.78 is 15.2. The normalized spacial score (nSPS) is 16.7. The number of aryl methyl sites for hydroxylation is 3. The van der Waals surface area contributed by atoms with Gasteiger partial charge in [-0.15, -0.1) is 11.3 Å². The van der Waals surface area contributed by atoms with E-state index < -0.39 is 0 Å². The van der Waals surface area contributed by atoms with E-state index in [0.29, 0.717) is 6.42 Å². The topological polar surface area (TPSA) is 46.9 Å². The molecule has 4 nitrogen and oxygen atoms in total. The van der Waals surface area contributed by atoms with Gasteiger partial charge in [-0.25, -0.2) is 9.07 Å². The Morgan fingerprint density at radius 1 is 0.971 bits per heavy atom. The SMILES string of the molecule is Cc1ccc(C2C3=C(CCCC3=O)Nc3c2c(C)nn3-c2ccc(F)cc2)s1.Cc1ccccc1. The molecule has 2 aromatic carbocycles. The Morgan fingerprint density at radius 2 is 1.71 bits per heavy atom. The Labute approximate surface area is 209 Å². The zero-order valence-corrected chi connectivity index (χ0v) is 21.0. The highest BCUT2D eigenvalue weighted by Crippen LogP contribution is 2.48. The third kappa shape index (κ3) is 4.58. The summed E-state index contributed by atoms with van der Waals surface area (Å²) in [5.41, 5.74) is 5.94. The van der Waals surface area contributed by atoms with Gasteiger partial charge < -0.3 is 5.32 Å². The molecule has 0 spiro atoms. The summed E-state index contributed by atoms with van der Waals surface area (Å²) >= 11 is 1.73. The number of hydrogen-bond donors (Lipinski definition) is 1. The lowest BCUT2D eigenvalue weighted by Gasteiger charge is -2.32. The van der Waals surface area contributed by atoms with E-state index >= 15 is 0 Å². The van der Waals surface area contributed by atoms with Gasteiger partial charge in [-0.3, -0.25) is 4.79 Å². The minimum Gasteiger partial charge on any atom is -0.343 e. The van der Waals surface area contributed by atoms with Crippen molar-refractivity contribution in [3.8, 4) is 5.69 Å². The summed E-state index contributed by atoms with van der Waals surface area (Å²) in [5, 5.41) is 8.26. The summed E-state index contributed by atoms with van der Waals surface area (Å²) in [6, 6.07) is 20.8. The molecule has 4 aromatic rings. The number of halogens is 1. The lowest BCUT2D eigenvalue weighted by molar-refractivity contribution is -0.116. The van der Waals surface area contributed by atoms with E-state index in [-0.39, 0.29) is 17.5 Å². The summed E-state index contributed by atoms with van der Waals surface area (Å²) in [7, 11) is 0. The van der Waals surface area contributed by atoms with Crippen LogP contribution in [0.2, 0.25) is 0 Å². The zero-order valence-electron chi connectivity index (χ0n) is 20.1. The van der Waals surface area contributed by atoms with Gasteiger partial charge in [0.1, 0.15) is 11.6 Å². The van der Waals surface area contributed by atoms with Crippen molar-refractivity contribution in [3.63, 3.8) is 0 Å². The van der Waals surface area contributed by atoms with Crippen LogP contribution in [0, 0.1) is 26.6 Å². The molecule has 0 amide bonds. The molecule has 178 valence electrons. The van der Waals surface area contributed by atoms with Crippen molar-refractivity contribution >= 4 is 22.9 Å². The molecule has 3 heterocycles. The molecule has 2 aliphatic rings. The zero-order chi connectivity index (χ0) is 24.5. The Hall–Kier alpha value is -3.51. The summed E-state index contributed by atoms with van der Waals surface area (Å²) in [6.07, 6.45) is 2.32. The molecule has 35 heavy (non-hydrogen) atoms. The monoisotopic (exact) mass is 485 g/mol. The number of hydrogen-bond acceptors (Lipinski definition) is 4. The first-order chi connectivity index (χ1) is 16.9. The molecule has 0 fully saturated rings. The van der Waals surface area contributed by atoms with Crippen LogP contribution in [0.3, 0.4) is 0 Å². The number of Topliss-reactive ketones (excluding diaryl/α,β-unsaturated/α-hetero) is 1. The van der Waals surface area contributed by atoms with Crippen molar-refractivity contribution in [1.29, 1.82) is 0 Å². The number of nitrogens with one attached hydrogen (secondary N) is 1. The Kier molecular flexibility index (Phi) is 6.39. The molecule has 1 aliphatic heterocycles. The largest absolute Gasteiger partial charge is 0.343 e. The van der Waals surface area contributed by atoms with E-state index in [2.05, 4.69) is 43.4 Å². The van der Waals surface area contributed by atoms with E-state index in [9.17, 15) is 9.18 Å². The number of anilines is 1. The first kappa shape index (κ1) is 23.2. The van der Waals surface area contributed by atoms with Gasteiger partial charge in [0, 0.05) is 33.0 Å². The van der Waals surface area contributed by atoms with Crippen LogP contribution in [0.5, 0.6) is 0 Å². The molecule has 2 aromatic heterocycles. The van der Waals surface area contributed by atoms with Crippen molar-refractivity contribution in [1.82, 2.24) is 9.78 Å². The van der Waals surface area contributed by atoms with Crippen LogP contribution in [0.15, 0.2) is 78.0 Å². The molecule has 0 saturated carbocycles. The van der Waals surface area contributed by atoms with Gasteiger partial charge in [0.15, 0.2) is 5.78 Å². The van der Waals surface area contributed by atoms with Crippen molar-refractivity contribution in [2.24, 2.45) is 0 Å². The number of fused-ring (bicyclic) bond motifs is 1. The van der Waals surface area contributed by atoms with Gasteiger partial charge in [0.2, 0.25) is 0 Å². The second kappa shape index (κ2) is 9.62. The van der Waals surface area contributed by atoms with E-state index in [1.807, 2.05) is 29.8 Å². The fraction of sp³-hybridized carbons (Fsp3) is 0.241. The molecule has 6 heteroatoms.